The van der Waals surface area contributed by atoms with Gasteiger partial charge in [-0.25, -0.2) is 23.2 Å². The molecule has 1 aromatic heterocycles. The van der Waals surface area contributed by atoms with Crippen LogP contribution in [-0.4, -0.2) is 74.7 Å². The van der Waals surface area contributed by atoms with Crippen LogP contribution in [0.3, 0.4) is 0 Å². The van der Waals surface area contributed by atoms with Crippen molar-refractivity contribution >= 4 is 27.4 Å². The van der Waals surface area contributed by atoms with Crippen molar-refractivity contribution in [3.05, 3.63) is 36.0 Å². The van der Waals surface area contributed by atoms with Crippen molar-refractivity contribution in [2.45, 2.75) is 18.7 Å². The molecule has 2 heterocycles. The van der Waals surface area contributed by atoms with Gasteiger partial charge < -0.3 is 25.4 Å². The highest BCUT2D eigenvalue weighted by Crippen LogP contribution is 2.25. The lowest BCUT2D eigenvalue weighted by Gasteiger charge is -2.34. The molecule has 11 heteroatoms. The van der Waals surface area contributed by atoms with Gasteiger partial charge in [-0.15, -0.1) is 0 Å². The Labute approximate surface area is 181 Å². The van der Waals surface area contributed by atoms with Gasteiger partial charge in [-0.05, 0) is 31.2 Å². The van der Waals surface area contributed by atoms with Crippen LogP contribution in [0.1, 0.15) is 12.6 Å². The van der Waals surface area contributed by atoms with E-state index in [2.05, 4.69) is 25.5 Å². The van der Waals surface area contributed by atoms with E-state index < -0.39 is 16.4 Å². The van der Waals surface area contributed by atoms with Crippen molar-refractivity contribution in [3.8, 4) is 11.4 Å². The Bertz CT molecular complexity index is 1010. The van der Waals surface area contributed by atoms with Gasteiger partial charge in [0.15, 0.2) is 15.7 Å². The maximum atomic E-state index is 12.3. The molecule has 0 saturated carbocycles. The van der Waals surface area contributed by atoms with Crippen LogP contribution < -0.4 is 15.5 Å². The zero-order valence-electron chi connectivity index (χ0n) is 17.5. The molecule has 0 bridgehead atoms. The number of hydrogen-bond donors (Lipinski definition) is 3. The van der Waals surface area contributed by atoms with Crippen LogP contribution in [0.5, 0.6) is 0 Å². The smallest absolute Gasteiger partial charge is 0.318 e. The lowest BCUT2D eigenvalue weighted by Crippen LogP contribution is -2.44. The largest absolute Gasteiger partial charge is 0.395 e. The number of sulfone groups is 1. The van der Waals surface area contributed by atoms with E-state index in [4.69, 9.17) is 9.84 Å². The minimum absolute atomic E-state index is 0.0810. The van der Waals surface area contributed by atoms with E-state index in [1.807, 2.05) is 6.92 Å². The van der Waals surface area contributed by atoms with Gasteiger partial charge >= 0.3 is 6.03 Å². The van der Waals surface area contributed by atoms with Crippen LogP contribution in [0.2, 0.25) is 0 Å². The molecule has 0 radical (unpaired) electrons. The number of ether oxygens (including phenoxy) is 1. The van der Waals surface area contributed by atoms with E-state index in [1.165, 1.54) is 7.05 Å². The number of amides is 2. The maximum Gasteiger partial charge on any atom is 0.318 e. The molecule has 1 aliphatic heterocycles. The minimum atomic E-state index is -3.51. The molecule has 10 nitrogen and oxygen atoms in total. The number of anilines is 2. The molecule has 1 fully saturated rings. The number of hydrogen-bond acceptors (Lipinski definition) is 8. The van der Waals surface area contributed by atoms with Gasteiger partial charge in [0.1, 0.15) is 5.82 Å². The standard InChI is InChI=1S/C20H27N5O5S/c1-14-12-30-9-7-25(14)18-11-17(13-31(28,29)10-8-26)22-19(24-18)15-3-5-16(6-4-15)23-20(27)21-2/h3-6,11,14,26H,7-10,12-13H2,1-2H3,(H2,21,23,27)/t14-/m1/s1. The van der Waals surface area contributed by atoms with Gasteiger partial charge in [0.05, 0.1) is 43.1 Å². The third-order valence-electron chi connectivity index (χ3n) is 4.83. The molecule has 3 rings (SSSR count). The fraction of sp³-hybridized carbons (Fsp3) is 0.450. The van der Waals surface area contributed by atoms with E-state index in [9.17, 15) is 13.2 Å². The van der Waals surface area contributed by atoms with E-state index in [1.54, 1.807) is 30.3 Å². The number of aromatic nitrogens is 2. The SMILES string of the molecule is CNC(=O)Nc1ccc(-c2nc(CS(=O)(=O)CCO)cc(N3CCOC[C@H]3C)n2)cc1. The van der Waals surface area contributed by atoms with Gasteiger partial charge in [-0.1, -0.05) is 0 Å². The van der Waals surface area contributed by atoms with Crippen LogP contribution in [-0.2, 0) is 20.3 Å². The van der Waals surface area contributed by atoms with E-state index in [0.717, 1.165) is 0 Å². The van der Waals surface area contributed by atoms with Crippen LogP contribution in [0.4, 0.5) is 16.3 Å². The third kappa shape index (κ3) is 6.12. The summed E-state index contributed by atoms with van der Waals surface area (Å²) in [7, 11) is -1.98. The molecule has 3 N–H and O–H groups in total. The summed E-state index contributed by atoms with van der Waals surface area (Å²) in [4.78, 5) is 22.7. The number of carbonyl (C=O) groups excluding carboxylic acids is 1. The van der Waals surface area contributed by atoms with E-state index in [-0.39, 0.29) is 23.6 Å². The van der Waals surface area contributed by atoms with Gasteiger partial charge in [0.25, 0.3) is 0 Å². The van der Waals surface area contributed by atoms with Crippen LogP contribution in [0.15, 0.2) is 30.3 Å². The normalized spacial score (nSPS) is 16.7. The quantitative estimate of drug-likeness (QED) is 0.571. The minimum Gasteiger partial charge on any atom is -0.395 e. The molecule has 1 aromatic carbocycles. The van der Waals surface area contributed by atoms with Crippen LogP contribution in [0, 0.1) is 0 Å². The summed E-state index contributed by atoms with van der Waals surface area (Å²) < 4.78 is 30.0. The highest BCUT2D eigenvalue weighted by atomic mass is 32.2. The second-order valence-electron chi connectivity index (χ2n) is 7.26. The van der Waals surface area contributed by atoms with Crippen molar-refractivity contribution in [1.82, 2.24) is 15.3 Å². The topological polar surface area (TPSA) is 134 Å². The first-order valence-electron chi connectivity index (χ1n) is 9.94. The van der Waals surface area contributed by atoms with E-state index in [0.29, 0.717) is 48.3 Å². The highest BCUT2D eigenvalue weighted by Gasteiger charge is 2.23. The lowest BCUT2D eigenvalue weighted by atomic mass is 10.2. The zero-order valence-corrected chi connectivity index (χ0v) is 18.4. The first kappa shape index (κ1) is 22.9. The van der Waals surface area contributed by atoms with Gasteiger partial charge in [0.2, 0.25) is 0 Å². The molecule has 0 spiro atoms. The number of nitrogens with one attached hydrogen (secondary N) is 2. The molecule has 1 aliphatic rings. The first-order chi connectivity index (χ1) is 14.8. The molecule has 0 aliphatic carbocycles. The summed E-state index contributed by atoms with van der Waals surface area (Å²) in [5, 5.41) is 14.2. The second-order valence-corrected chi connectivity index (χ2v) is 9.44. The van der Waals surface area contributed by atoms with Crippen LogP contribution >= 0.6 is 0 Å². The number of carbonyl (C=O) groups is 1. The molecule has 2 amide bonds. The summed E-state index contributed by atoms with van der Waals surface area (Å²) in [6, 6.07) is 8.40. The predicted molar refractivity (Wildman–Crippen MR) is 118 cm³/mol. The molecule has 0 unspecified atom stereocenters. The Morgan fingerprint density at radius 1 is 1.29 bits per heavy atom. The number of morpholine rings is 1. The van der Waals surface area contributed by atoms with Gasteiger partial charge in [-0.3, -0.25) is 0 Å². The highest BCUT2D eigenvalue weighted by molar-refractivity contribution is 7.90. The Kier molecular flexibility index (Phi) is 7.42. The Balaban J connectivity index is 1.97. The Hall–Kier alpha value is -2.76. The number of nitrogens with zero attached hydrogens (tertiary/aromatic N) is 3. The van der Waals surface area contributed by atoms with Crippen molar-refractivity contribution in [3.63, 3.8) is 0 Å². The van der Waals surface area contributed by atoms with Crippen molar-refractivity contribution in [2.75, 3.05) is 49.4 Å². The summed E-state index contributed by atoms with van der Waals surface area (Å²) >= 11 is 0. The predicted octanol–water partition coefficient (Wildman–Crippen LogP) is 1.03. The number of rotatable bonds is 7. The molecule has 31 heavy (non-hydrogen) atoms. The fourth-order valence-electron chi connectivity index (χ4n) is 3.23. The fourth-order valence-corrected chi connectivity index (χ4v) is 4.25. The maximum absolute atomic E-state index is 12.3. The number of aliphatic hydroxyl groups excluding tert-OH is 1. The van der Waals surface area contributed by atoms with Gasteiger partial charge in [0, 0.05) is 30.9 Å². The molecular formula is C20H27N5O5S. The Morgan fingerprint density at radius 2 is 2.03 bits per heavy atom. The van der Waals surface area contributed by atoms with Gasteiger partial charge in [-0.2, -0.15) is 0 Å². The average Bonchev–Trinajstić information content (AvgIpc) is 2.74. The number of urea groups is 1. The lowest BCUT2D eigenvalue weighted by molar-refractivity contribution is 0.0985. The number of benzene rings is 1. The second kappa shape index (κ2) is 10.0. The van der Waals surface area contributed by atoms with E-state index >= 15 is 0 Å². The Morgan fingerprint density at radius 3 is 2.68 bits per heavy atom. The molecule has 2 aromatic rings. The summed E-state index contributed by atoms with van der Waals surface area (Å²) in [5.41, 5.74) is 1.65. The van der Waals surface area contributed by atoms with Crippen LogP contribution in [0.25, 0.3) is 11.4 Å². The molecule has 168 valence electrons. The first-order valence-corrected chi connectivity index (χ1v) is 11.8. The molecule has 1 saturated heterocycles. The van der Waals surface area contributed by atoms with Crippen molar-refractivity contribution < 1.29 is 23.1 Å². The van der Waals surface area contributed by atoms with Crippen molar-refractivity contribution in [1.29, 1.82) is 0 Å². The summed E-state index contributed by atoms with van der Waals surface area (Å²) in [6.07, 6.45) is 0. The average molecular weight is 450 g/mol. The zero-order chi connectivity index (χ0) is 22.4. The molecule has 1 atom stereocenters. The molecular weight excluding hydrogens is 422 g/mol. The summed E-state index contributed by atoms with van der Waals surface area (Å²) in [6.45, 7) is 3.32. The number of aliphatic hydroxyl groups is 1. The van der Waals surface area contributed by atoms with Crippen molar-refractivity contribution in [2.24, 2.45) is 0 Å². The monoisotopic (exact) mass is 449 g/mol. The third-order valence-corrected chi connectivity index (χ3v) is 6.37. The summed E-state index contributed by atoms with van der Waals surface area (Å²) in [5.74, 6) is 0.403.